The number of hydrogen-bond acceptors (Lipinski definition) is 7. The third-order valence-corrected chi connectivity index (χ3v) is 6.00. The van der Waals surface area contributed by atoms with Crippen molar-refractivity contribution in [1.82, 2.24) is 19.7 Å². The predicted octanol–water partition coefficient (Wildman–Crippen LogP) is 5.99. The fraction of sp³-hybridized carbons (Fsp3) is 0.192. The van der Waals surface area contributed by atoms with Crippen LogP contribution in [0.15, 0.2) is 65.5 Å². The minimum absolute atomic E-state index is 0.0408. The number of nitrogens with zero attached hydrogens (tertiary/aromatic N) is 5. The number of benzene rings is 2. The maximum absolute atomic E-state index is 11.6. The Kier molecular flexibility index (Phi) is 5.52. The minimum Gasteiger partial charge on any atom is -0.464 e. The fourth-order valence-electron chi connectivity index (χ4n) is 4.18. The van der Waals surface area contributed by atoms with Crippen molar-refractivity contribution >= 4 is 22.5 Å². The summed E-state index contributed by atoms with van der Waals surface area (Å²) in [6.45, 7) is 5.86. The van der Waals surface area contributed by atoms with Gasteiger partial charge in [-0.05, 0) is 56.2 Å². The van der Waals surface area contributed by atoms with Crippen LogP contribution in [0.3, 0.4) is 0 Å². The molecule has 3 aromatic heterocycles. The third kappa shape index (κ3) is 4.35. The van der Waals surface area contributed by atoms with E-state index >= 15 is 0 Å². The average molecular weight is 469 g/mol. The number of nitro benzene ring substituents is 1. The zero-order valence-corrected chi connectivity index (χ0v) is 19.8. The van der Waals surface area contributed by atoms with E-state index in [1.807, 2.05) is 45.0 Å². The van der Waals surface area contributed by atoms with Gasteiger partial charge in [-0.3, -0.25) is 14.8 Å². The van der Waals surface area contributed by atoms with E-state index in [9.17, 15) is 10.1 Å². The number of nitro groups is 1. The minimum atomic E-state index is -0.372. The molecule has 0 fully saturated rings. The molecule has 0 saturated carbocycles. The van der Waals surface area contributed by atoms with Crippen LogP contribution in [-0.4, -0.2) is 24.7 Å². The Morgan fingerprint density at radius 2 is 1.91 bits per heavy atom. The smallest absolute Gasteiger partial charge is 0.277 e. The summed E-state index contributed by atoms with van der Waals surface area (Å²) in [6, 6.07) is 12.9. The molecular weight excluding hydrogens is 444 g/mol. The first kappa shape index (κ1) is 22.3. The van der Waals surface area contributed by atoms with Crippen LogP contribution >= 0.6 is 0 Å². The van der Waals surface area contributed by atoms with Crippen molar-refractivity contribution in [3.05, 3.63) is 88.2 Å². The van der Waals surface area contributed by atoms with E-state index < -0.39 is 0 Å². The van der Waals surface area contributed by atoms with Gasteiger partial charge in [0.15, 0.2) is 0 Å². The number of fused-ring (bicyclic) bond motifs is 1. The standard InChI is InChI=1S/C26H24N6O3/c1-15-14-35-25-8-6-19(10-21(15)25)23-11-26(30-17(3)29-23)28-16(2)18-5-7-24(32(33)34)22(9-18)20-12-27-31(4)13-20/h5-14,16H,1-4H3,(H,28,29,30). The highest BCUT2D eigenvalue weighted by Crippen LogP contribution is 2.33. The highest BCUT2D eigenvalue weighted by Gasteiger charge is 2.19. The maximum Gasteiger partial charge on any atom is 0.277 e. The van der Waals surface area contributed by atoms with Gasteiger partial charge < -0.3 is 9.73 Å². The average Bonchev–Trinajstić information content (AvgIpc) is 3.43. The quantitative estimate of drug-likeness (QED) is 0.241. The lowest BCUT2D eigenvalue weighted by Gasteiger charge is -2.17. The third-order valence-electron chi connectivity index (χ3n) is 6.00. The molecule has 176 valence electrons. The van der Waals surface area contributed by atoms with Gasteiger partial charge in [-0.15, -0.1) is 0 Å². The summed E-state index contributed by atoms with van der Waals surface area (Å²) in [5.74, 6) is 1.31. The molecule has 1 N–H and O–H groups in total. The van der Waals surface area contributed by atoms with E-state index in [0.717, 1.165) is 33.4 Å². The van der Waals surface area contributed by atoms with Crippen molar-refractivity contribution in [3.8, 4) is 22.4 Å². The molecule has 1 atom stereocenters. The van der Waals surface area contributed by atoms with Gasteiger partial charge >= 0.3 is 0 Å². The molecule has 9 nitrogen and oxygen atoms in total. The molecule has 0 aliphatic heterocycles. The zero-order valence-electron chi connectivity index (χ0n) is 19.8. The summed E-state index contributed by atoms with van der Waals surface area (Å²) in [7, 11) is 1.78. The van der Waals surface area contributed by atoms with E-state index in [4.69, 9.17) is 4.42 Å². The van der Waals surface area contributed by atoms with E-state index in [1.165, 1.54) is 6.07 Å². The lowest BCUT2D eigenvalue weighted by molar-refractivity contribution is -0.384. The van der Waals surface area contributed by atoms with E-state index in [0.29, 0.717) is 22.8 Å². The van der Waals surface area contributed by atoms with Crippen LogP contribution in [-0.2, 0) is 7.05 Å². The number of nitrogens with one attached hydrogen (secondary N) is 1. The van der Waals surface area contributed by atoms with Crippen molar-refractivity contribution in [3.63, 3.8) is 0 Å². The highest BCUT2D eigenvalue weighted by atomic mass is 16.6. The summed E-state index contributed by atoms with van der Waals surface area (Å²) in [4.78, 5) is 20.4. The molecule has 0 radical (unpaired) electrons. The Morgan fingerprint density at radius 1 is 1.09 bits per heavy atom. The second-order valence-electron chi connectivity index (χ2n) is 8.62. The molecular formula is C26H24N6O3. The Bertz CT molecular complexity index is 1570. The van der Waals surface area contributed by atoms with Gasteiger partial charge in [0.05, 0.1) is 28.6 Å². The van der Waals surface area contributed by atoms with E-state index in [1.54, 1.807) is 36.5 Å². The molecule has 0 bridgehead atoms. The van der Waals surface area contributed by atoms with Gasteiger partial charge in [-0.1, -0.05) is 6.07 Å². The molecule has 0 amide bonds. The van der Waals surface area contributed by atoms with Crippen LogP contribution in [0.1, 0.15) is 29.9 Å². The fourth-order valence-corrected chi connectivity index (χ4v) is 4.18. The summed E-state index contributed by atoms with van der Waals surface area (Å²) >= 11 is 0. The lowest BCUT2D eigenvalue weighted by Crippen LogP contribution is -2.10. The molecule has 35 heavy (non-hydrogen) atoms. The second-order valence-corrected chi connectivity index (χ2v) is 8.62. The Labute approximate surface area is 201 Å². The van der Waals surface area contributed by atoms with Crippen LogP contribution < -0.4 is 5.32 Å². The Morgan fingerprint density at radius 3 is 2.66 bits per heavy atom. The monoisotopic (exact) mass is 468 g/mol. The second kappa shape index (κ2) is 8.68. The normalized spacial score (nSPS) is 12.1. The van der Waals surface area contributed by atoms with E-state index in [2.05, 4.69) is 26.4 Å². The van der Waals surface area contributed by atoms with Gasteiger partial charge in [0, 0.05) is 47.9 Å². The van der Waals surface area contributed by atoms with Crippen LogP contribution in [0.2, 0.25) is 0 Å². The van der Waals surface area contributed by atoms with Gasteiger partial charge in [0.2, 0.25) is 0 Å². The van der Waals surface area contributed by atoms with Gasteiger partial charge in [0.25, 0.3) is 5.69 Å². The number of hydrogen-bond donors (Lipinski definition) is 1. The van der Waals surface area contributed by atoms with Crippen LogP contribution in [0, 0.1) is 24.0 Å². The molecule has 0 aliphatic rings. The lowest BCUT2D eigenvalue weighted by atomic mass is 10.00. The first-order valence-electron chi connectivity index (χ1n) is 11.2. The summed E-state index contributed by atoms with van der Waals surface area (Å²) in [5.41, 5.74) is 5.83. The Balaban J connectivity index is 1.47. The first-order valence-corrected chi connectivity index (χ1v) is 11.2. The number of rotatable bonds is 6. The Hall–Kier alpha value is -4.53. The molecule has 0 aliphatic carbocycles. The first-order chi connectivity index (χ1) is 16.8. The largest absolute Gasteiger partial charge is 0.464 e. The summed E-state index contributed by atoms with van der Waals surface area (Å²) in [5, 5.41) is 20.2. The summed E-state index contributed by atoms with van der Waals surface area (Å²) < 4.78 is 7.19. The molecule has 0 spiro atoms. The number of furan rings is 1. The molecule has 9 heteroatoms. The number of aromatic nitrogens is 4. The SMILES string of the molecule is Cc1nc(NC(C)c2ccc([N+](=O)[O-])c(-c3cnn(C)c3)c2)cc(-c2ccc3occ(C)c3c2)n1. The molecule has 5 rings (SSSR count). The number of anilines is 1. The van der Waals surface area contributed by atoms with Crippen molar-refractivity contribution in [1.29, 1.82) is 0 Å². The van der Waals surface area contributed by atoms with Gasteiger partial charge in [-0.25, -0.2) is 9.97 Å². The molecule has 2 aromatic carbocycles. The topological polar surface area (TPSA) is 112 Å². The molecule has 5 aromatic rings. The highest BCUT2D eigenvalue weighted by molar-refractivity contribution is 5.85. The van der Waals surface area contributed by atoms with Crippen molar-refractivity contribution in [2.45, 2.75) is 26.8 Å². The molecule has 0 saturated heterocycles. The molecule has 3 heterocycles. The van der Waals surface area contributed by atoms with Gasteiger partial charge in [0.1, 0.15) is 17.2 Å². The van der Waals surface area contributed by atoms with Gasteiger partial charge in [-0.2, -0.15) is 5.10 Å². The van der Waals surface area contributed by atoms with E-state index in [-0.39, 0.29) is 16.7 Å². The van der Waals surface area contributed by atoms with Crippen LogP contribution in [0.4, 0.5) is 11.5 Å². The predicted molar refractivity (Wildman–Crippen MR) is 134 cm³/mol. The van der Waals surface area contributed by atoms with Crippen molar-refractivity contribution in [2.24, 2.45) is 7.05 Å². The maximum atomic E-state index is 11.6. The molecule has 1 unspecified atom stereocenters. The zero-order chi connectivity index (χ0) is 24.7. The van der Waals surface area contributed by atoms with Crippen molar-refractivity contribution < 1.29 is 9.34 Å². The van der Waals surface area contributed by atoms with Crippen molar-refractivity contribution in [2.75, 3.05) is 5.32 Å². The van der Waals surface area contributed by atoms with Crippen LogP contribution in [0.5, 0.6) is 0 Å². The van der Waals surface area contributed by atoms with Crippen LogP contribution in [0.25, 0.3) is 33.4 Å². The summed E-state index contributed by atoms with van der Waals surface area (Å²) in [6.07, 6.45) is 5.14. The number of aryl methyl sites for hydroxylation is 3.